The van der Waals surface area contributed by atoms with Crippen molar-refractivity contribution in [3.05, 3.63) is 53.6 Å². The summed E-state index contributed by atoms with van der Waals surface area (Å²) in [5, 5.41) is 11.6. The molecule has 2 rings (SSSR count). The van der Waals surface area contributed by atoms with Crippen LogP contribution < -0.4 is 5.32 Å². The summed E-state index contributed by atoms with van der Waals surface area (Å²) in [6, 6.07) is 14.6. The average molecular weight is 327 g/mol. The minimum Gasteiger partial charge on any atom is -0.388 e. The monoisotopic (exact) mass is 327 g/mol. The third-order valence-electron chi connectivity index (χ3n) is 2.79. The Balaban J connectivity index is 0.00000180. The van der Waals surface area contributed by atoms with Crippen molar-refractivity contribution in [2.24, 2.45) is 10.2 Å². The Bertz CT molecular complexity index is 579. The fourth-order valence-electron chi connectivity index (χ4n) is 1.72. The molecule has 0 fully saturated rings. The van der Waals surface area contributed by atoms with E-state index in [0.717, 1.165) is 28.2 Å². The summed E-state index contributed by atoms with van der Waals surface area (Å²) in [5.41, 5.74) is 5.08. The molecule has 0 spiro atoms. The van der Waals surface area contributed by atoms with E-state index in [1.54, 1.807) is 0 Å². The maximum absolute atomic E-state index is 4.26. The number of anilines is 1. The number of nitrogens with one attached hydrogen (secondary N) is 1. The maximum atomic E-state index is 4.26. The van der Waals surface area contributed by atoms with E-state index in [9.17, 15) is 0 Å². The third kappa shape index (κ3) is 4.22. The predicted molar refractivity (Wildman–Crippen MR) is 74.9 cm³/mol. The van der Waals surface area contributed by atoms with Gasteiger partial charge in [0.25, 0.3) is 0 Å². The van der Waals surface area contributed by atoms with E-state index >= 15 is 0 Å². The molecule has 0 aromatic heterocycles. The van der Waals surface area contributed by atoms with Crippen LogP contribution in [0.2, 0.25) is 0 Å². The van der Waals surface area contributed by atoms with Crippen molar-refractivity contribution in [2.75, 3.05) is 12.4 Å². The van der Waals surface area contributed by atoms with Crippen LogP contribution in [0.5, 0.6) is 0 Å². The fourth-order valence-corrected chi connectivity index (χ4v) is 1.72. The molecule has 0 bridgehead atoms. The summed E-state index contributed by atoms with van der Waals surface area (Å²) >= 11 is 0. The first-order chi connectivity index (χ1) is 8.70. The molecule has 0 unspecified atom stereocenters. The van der Waals surface area contributed by atoms with Crippen LogP contribution in [0.25, 0.3) is 0 Å². The predicted octanol–water partition coefficient (Wildman–Crippen LogP) is 4.56. The van der Waals surface area contributed by atoms with Gasteiger partial charge in [-0.1, -0.05) is 6.92 Å². The van der Waals surface area contributed by atoms with Crippen LogP contribution in [-0.2, 0) is 32.7 Å². The molecule has 4 heteroatoms. The Morgan fingerprint density at radius 1 is 1.05 bits per heavy atom. The van der Waals surface area contributed by atoms with Crippen LogP contribution >= 0.6 is 0 Å². The van der Waals surface area contributed by atoms with Crippen molar-refractivity contribution in [1.82, 2.24) is 0 Å². The number of azo groups is 1. The van der Waals surface area contributed by atoms with E-state index in [4.69, 9.17) is 0 Å². The van der Waals surface area contributed by atoms with Gasteiger partial charge in [-0.15, -0.1) is 11.6 Å². The molecular formula is C15H16N3Y+2. The minimum absolute atomic E-state index is 0. The van der Waals surface area contributed by atoms with Crippen LogP contribution in [-0.4, -0.2) is 7.05 Å². The Morgan fingerprint density at radius 3 is 2.47 bits per heavy atom. The second-order valence-electron chi connectivity index (χ2n) is 4.16. The topological polar surface area (TPSA) is 36.8 Å². The van der Waals surface area contributed by atoms with E-state index in [-0.39, 0.29) is 32.7 Å². The van der Waals surface area contributed by atoms with Crippen molar-refractivity contribution in [2.45, 2.75) is 13.8 Å². The van der Waals surface area contributed by atoms with Gasteiger partial charge < -0.3 is 5.32 Å². The van der Waals surface area contributed by atoms with Crippen molar-refractivity contribution < 1.29 is 32.7 Å². The molecule has 3 nitrogen and oxygen atoms in total. The third-order valence-corrected chi connectivity index (χ3v) is 2.79. The number of nitrogens with zero attached hydrogens (tertiary/aromatic N) is 2. The number of rotatable bonds is 3. The van der Waals surface area contributed by atoms with Gasteiger partial charge in [0.1, 0.15) is 0 Å². The number of hydrogen-bond acceptors (Lipinski definition) is 3. The Morgan fingerprint density at radius 2 is 1.84 bits per heavy atom. The zero-order valence-corrected chi connectivity index (χ0v) is 14.3. The van der Waals surface area contributed by atoms with Crippen molar-refractivity contribution in [1.29, 1.82) is 0 Å². The first kappa shape index (κ1) is 16.0. The number of hydrogen-bond donors (Lipinski definition) is 1. The molecule has 0 saturated carbocycles. The molecule has 2 aromatic rings. The molecule has 2 aromatic carbocycles. The molecule has 0 radical (unpaired) electrons. The molecule has 0 amide bonds. The summed E-state index contributed by atoms with van der Waals surface area (Å²) in [7, 11) is 1.91. The van der Waals surface area contributed by atoms with Crippen LogP contribution in [0.4, 0.5) is 17.1 Å². The summed E-state index contributed by atoms with van der Waals surface area (Å²) in [4.78, 5) is 0. The molecule has 0 aliphatic rings. The Kier molecular flexibility index (Phi) is 6.33. The number of aryl methyl sites for hydroxylation is 2. The second-order valence-corrected chi connectivity index (χ2v) is 4.16. The molecule has 0 saturated heterocycles. The zero-order chi connectivity index (χ0) is 13.0. The van der Waals surface area contributed by atoms with Gasteiger partial charge in [0.2, 0.25) is 0 Å². The van der Waals surface area contributed by atoms with Gasteiger partial charge >= 0.3 is 32.7 Å². The molecule has 0 aliphatic carbocycles. The van der Waals surface area contributed by atoms with Crippen LogP contribution in [0.3, 0.4) is 0 Å². The largest absolute Gasteiger partial charge is 3.00 e. The van der Waals surface area contributed by atoms with Gasteiger partial charge in [-0.05, 0) is 36.4 Å². The average Bonchev–Trinajstić information content (AvgIpc) is 2.38. The normalized spacial score (nSPS) is 10.3. The SMILES string of the molecule is CNc1ccc(N=Nc2cc[c-]cc2C)cc1C.[Y+3]. The second kappa shape index (κ2) is 7.51. The summed E-state index contributed by atoms with van der Waals surface area (Å²) in [5.74, 6) is 0. The van der Waals surface area contributed by atoms with E-state index in [2.05, 4.69) is 21.6 Å². The fraction of sp³-hybridized carbons (Fsp3) is 0.200. The van der Waals surface area contributed by atoms with Gasteiger partial charge in [0.05, 0.1) is 5.69 Å². The van der Waals surface area contributed by atoms with Gasteiger partial charge in [-0.2, -0.15) is 28.4 Å². The molecule has 19 heavy (non-hydrogen) atoms. The van der Waals surface area contributed by atoms with Gasteiger partial charge in [-0.3, -0.25) is 0 Å². The smallest absolute Gasteiger partial charge is 0.388 e. The van der Waals surface area contributed by atoms with Gasteiger partial charge in [0.15, 0.2) is 0 Å². The van der Waals surface area contributed by atoms with Crippen molar-refractivity contribution in [3.63, 3.8) is 0 Å². The van der Waals surface area contributed by atoms with E-state index in [1.165, 1.54) is 0 Å². The quantitative estimate of drug-likeness (QED) is 0.651. The maximum Gasteiger partial charge on any atom is 3.00 e. The zero-order valence-electron chi connectivity index (χ0n) is 11.4. The Labute approximate surface area is 139 Å². The first-order valence-electron chi connectivity index (χ1n) is 5.87. The molecule has 0 atom stereocenters. The standard InChI is InChI=1S/C15H16N3.Y/c1-11-6-4-5-7-15(11)18-17-13-8-9-14(16-3)12(2)10-13;/h5-10,16H,1-3H3;/q-1;+3. The Hall–Kier alpha value is -1.06. The summed E-state index contributed by atoms with van der Waals surface area (Å²) in [6.07, 6.45) is 0. The van der Waals surface area contributed by atoms with Crippen molar-refractivity contribution in [3.8, 4) is 0 Å². The molecular weight excluding hydrogens is 311 g/mol. The van der Waals surface area contributed by atoms with Gasteiger partial charge in [-0.25, -0.2) is 0 Å². The van der Waals surface area contributed by atoms with Gasteiger partial charge in [0, 0.05) is 12.7 Å². The van der Waals surface area contributed by atoms with Crippen LogP contribution in [0.1, 0.15) is 11.1 Å². The first-order valence-corrected chi connectivity index (χ1v) is 5.87. The summed E-state index contributed by atoms with van der Waals surface area (Å²) < 4.78 is 0. The molecule has 92 valence electrons. The van der Waals surface area contributed by atoms with Crippen LogP contribution in [0.15, 0.2) is 46.6 Å². The molecule has 1 N–H and O–H groups in total. The molecule has 0 heterocycles. The summed E-state index contributed by atoms with van der Waals surface area (Å²) in [6.45, 7) is 4.05. The minimum atomic E-state index is 0. The van der Waals surface area contributed by atoms with E-state index in [0.29, 0.717) is 0 Å². The van der Waals surface area contributed by atoms with E-state index in [1.807, 2.05) is 57.3 Å². The van der Waals surface area contributed by atoms with Crippen LogP contribution in [0, 0.1) is 19.9 Å². The number of benzene rings is 2. The van der Waals surface area contributed by atoms with Crippen molar-refractivity contribution >= 4 is 17.1 Å². The molecule has 0 aliphatic heterocycles. The van der Waals surface area contributed by atoms with E-state index < -0.39 is 0 Å².